The first kappa shape index (κ1) is 6.89. The van der Waals surface area contributed by atoms with E-state index in [-0.39, 0.29) is 0 Å². The lowest BCUT2D eigenvalue weighted by Crippen LogP contribution is -2.06. The van der Waals surface area contributed by atoms with Gasteiger partial charge in [-0.05, 0) is 6.42 Å². The summed E-state index contributed by atoms with van der Waals surface area (Å²) in [5, 5.41) is 8.48. The Kier molecular flexibility index (Phi) is 4.00. The highest BCUT2D eigenvalue weighted by Crippen LogP contribution is 1.94. The van der Waals surface area contributed by atoms with Crippen LogP contribution in [0.4, 0.5) is 4.39 Å². The molecule has 0 amide bonds. The first-order valence-corrected chi connectivity index (χ1v) is 2.55. The van der Waals surface area contributed by atoms with Gasteiger partial charge >= 0.3 is 0 Å². The smallest absolute Gasteiger partial charge is 0.115 e. The van der Waals surface area contributed by atoms with Crippen molar-refractivity contribution >= 4 is 0 Å². The van der Waals surface area contributed by atoms with Crippen LogP contribution in [0.25, 0.3) is 0 Å². The second kappa shape index (κ2) is 4.06. The monoisotopic (exact) mass is 106 g/mol. The Hall–Kier alpha value is -0.110. The van der Waals surface area contributed by atoms with Crippen molar-refractivity contribution in [1.29, 1.82) is 0 Å². The summed E-state index contributed by atoms with van der Waals surface area (Å²) in [4.78, 5) is 0. The molecular formula is C5H11FO. The number of rotatable bonds is 3. The van der Waals surface area contributed by atoms with Gasteiger partial charge in [0.15, 0.2) is 0 Å². The van der Waals surface area contributed by atoms with Crippen LogP contribution in [0.2, 0.25) is 0 Å². The van der Waals surface area contributed by atoms with Crippen molar-refractivity contribution in [3.8, 4) is 0 Å². The van der Waals surface area contributed by atoms with E-state index in [1.807, 2.05) is 6.92 Å². The number of alkyl halides is 1. The van der Waals surface area contributed by atoms with Crippen LogP contribution in [-0.4, -0.2) is 17.9 Å². The molecule has 0 heterocycles. The van der Waals surface area contributed by atoms with Gasteiger partial charge in [0.25, 0.3) is 0 Å². The second-order valence-electron chi connectivity index (χ2n) is 1.60. The van der Waals surface area contributed by atoms with Crippen molar-refractivity contribution in [1.82, 2.24) is 0 Å². The van der Waals surface area contributed by atoms with Gasteiger partial charge < -0.3 is 5.11 Å². The fourth-order valence-corrected chi connectivity index (χ4v) is 0.410. The van der Waals surface area contributed by atoms with Gasteiger partial charge in [0, 0.05) is 0 Å². The summed E-state index contributed by atoms with van der Waals surface area (Å²) in [5.74, 6) is 0. The van der Waals surface area contributed by atoms with Crippen LogP contribution in [0.3, 0.4) is 0 Å². The highest BCUT2D eigenvalue weighted by atomic mass is 19.1. The van der Waals surface area contributed by atoms with E-state index in [1.54, 1.807) is 0 Å². The minimum absolute atomic E-state index is 0.580. The zero-order valence-corrected chi connectivity index (χ0v) is 4.52. The Morgan fingerprint density at radius 2 is 2.29 bits per heavy atom. The van der Waals surface area contributed by atoms with Gasteiger partial charge in [-0.1, -0.05) is 13.3 Å². The summed E-state index contributed by atoms with van der Waals surface area (Å²) >= 11 is 0. The molecule has 0 saturated carbocycles. The predicted octanol–water partition coefficient (Wildman–Crippen LogP) is 1.12. The van der Waals surface area contributed by atoms with Crippen LogP contribution in [-0.2, 0) is 0 Å². The number of aliphatic hydroxyl groups excluding tert-OH is 1. The maximum Gasteiger partial charge on any atom is 0.115 e. The van der Waals surface area contributed by atoms with Crippen LogP contribution < -0.4 is 0 Å². The van der Waals surface area contributed by atoms with E-state index in [4.69, 9.17) is 5.11 Å². The van der Waals surface area contributed by atoms with Crippen LogP contribution in [0.15, 0.2) is 0 Å². The minimum Gasteiger partial charge on any atom is -0.390 e. The molecule has 44 valence electrons. The molecule has 0 bridgehead atoms. The van der Waals surface area contributed by atoms with Gasteiger partial charge in [0.1, 0.15) is 6.67 Å². The van der Waals surface area contributed by atoms with Crippen molar-refractivity contribution in [3.05, 3.63) is 0 Å². The number of hydrogen-bond donors (Lipinski definition) is 1. The maximum absolute atomic E-state index is 11.3. The Morgan fingerprint density at radius 3 is 2.43 bits per heavy atom. The summed E-state index contributed by atoms with van der Waals surface area (Å²) in [5.41, 5.74) is 0. The van der Waals surface area contributed by atoms with Crippen molar-refractivity contribution < 1.29 is 9.50 Å². The van der Waals surface area contributed by atoms with Gasteiger partial charge in [-0.15, -0.1) is 0 Å². The van der Waals surface area contributed by atoms with Crippen molar-refractivity contribution in [2.24, 2.45) is 0 Å². The SMILES string of the molecule is CCC[C@H](O)CF. The third-order valence-corrected chi connectivity index (χ3v) is 0.800. The van der Waals surface area contributed by atoms with Gasteiger partial charge in [0.2, 0.25) is 0 Å². The minimum atomic E-state index is -0.718. The quantitative estimate of drug-likeness (QED) is 0.571. The zero-order chi connectivity index (χ0) is 5.70. The molecule has 0 aromatic heterocycles. The first-order valence-electron chi connectivity index (χ1n) is 2.55. The van der Waals surface area contributed by atoms with Crippen molar-refractivity contribution in [3.63, 3.8) is 0 Å². The Balaban J connectivity index is 2.83. The molecule has 0 aliphatic carbocycles. The van der Waals surface area contributed by atoms with Gasteiger partial charge in [0.05, 0.1) is 6.10 Å². The summed E-state index contributed by atoms with van der Waals surface area (Å²) < 4.78 is 11.3. The number of hydrogen-bond acceptors (Lipinski definition) is 1. The summed E-state index contributed by atoms with van der Waals surface area (Å²) in [6.45, 7) is 1.31. The molecule has 0 spiro atoms. The largest absolute Gasteiger partial charge is 0.390 e. The lowest BCUT2D eigenvalue weighted by atomic mass is 10.2. The summed E-state index contributed by atoms with van der Waals surface area (Å²) in [6, 6.07) is 0. The van der Waals surface area contributed by atoms with E-state index < -0.39 is 12.8 Å². The fourth-order valence-electron chi connectivity index (χ4n) is 0.410. The summed E-state index contributed by atoms with van der Waals surface area (Å²) in [7, 11) is 0. The van der Waals surface area contributed by atoms with E-state index in [1.165, 1.54) is 0 Å². The highest BCUT2D eigenvalue weighted by Gasteiger charge is 1.97. The molecule has 0 aromatic carbocycles. The Labute approximate surface area is 43.2 Å². The molecular weight excluding hydrogens is 95.1 g/mol. The van der Waals surface area contributed by atoms with Crippen molar-refractivity contribution in [2.75, 3.05) is 6.67 Å². The van der Waals surface area contributed by atoms with Crippen LogP contribution in [0.1, 0.15) is 19.8 Å². The maximum atomic E-state index is 11.3. The van der Waals surface area contributed by atoms with Gasteiger partial charge in [-0.2, -0.15) is 0 Å². The highest BCUT2D eigenvalue weighted by molar-refractivity contribution is 4.48. The molecule has 0 fully saturated rings. The third-order valence-electron chi connectivity index (χ3n) is 0.800. The molecule has 1 atom stereocenters. The van der Waals surface area contributed by atoms with Crippen molar-refractivity contribution in [2.45, 2.75) is 25.9 Å². The van der Waals surface area contributed by atoms with E-state index in [2.05, 4.69) is 0 Å². The molecule has 0 unspecified atom stereocenters. The standard InChI is InChI=1S/C5H11FO/c1-2-3-5(7)4-6/h5,7H,2-4H2,1H3/t5-/m0/s1. The summed E-state index contributed by atoms with van der Waals surface area (Å²) in [6.07, 6.45) is 0.715. The fraction of sp³-hybridized carbons (Fsp3) is 1.00. The third kappa shape index (κ3) is 3.73. The molecule has 1 nitrogen and oxygen atoms in total. The first-order chi connectivity index (χ1) is 3.31. The Bertz CT molecular complexity index is 39.1. The molecule has 1 N–H and O–H groups in total. The molecule has 0 rings (SSSR count). The zero-order valence-electron chi connectivity index (χ0n) is 4.52. The lowest BCUT2D eigenvalue weighted by Gasteiger charge is -1.99. The molecule has 0 saturated heterocycles. The average Bonchev–Trinajstić information content (AvgIpc) is 1.68. The van der Waals surface area contributed by atoms with E-state index in [0.717, 1.165) is 6.42 Å². The lowest BCUT2D eigenvalue weighted by molar-refractivity contribution is 0.130. The van der Waals surface area contributed by atoms with E-state index >= 15 is 0 Å². The topological polar surface area (TPSA) is 20.2 Å². The molecule has 0 aliphatic rings. The molecule has 2 heteroatoms. The van der Waals surface area contributed by atoms with Crippen LogP contribution >= 0.6 is 0 Å². The molecule has 7 heavy (non-hydrogen) atoms. The molecule has 0 aromatic rings. The Morgan fingerprint density at radius 1 is 1.71 bits per heavy atom. The normalized spacial score (nSPS) is 14.1. The van der Waals surface area contributed by atoms with E-state index in [0.29, 0.717) is 6.42 Å². The number of aliphatic hydroxyl groups is 1. The predicted molar refractivity (Wildman–Crippen MR) is 26.9 cm³/mol. The van der Waals surface area contributed by atoms with Crippen LogP contribution in [0.5, 0.6) is 0 Å². The molecule has 0 aliphatic heterocycles. The second-order valence-corrected chi connectivity index (χ2v) is 1.60. The van der Waals surface area contributed by atoms with Crippen LogP contribution in [0, 0.1) is 0 Å². The van der Waals surface area contributed by atoms with Gasteiger partial charge in [-0.25, -0.2) is 4.39 Å². The average molecular weight is 106 g/mol. The van der Waals surface area contributed by atoms with E-state index in [9.17, 15) is 4.39 Å². The molecule has 0 radical (unpaired) electrons. The number of halogens is 1. The van der Waals surface area contributed by atoms with Gasteiger partial charge in [-0.3, -0.25) is 0 Å².